The maximum Gasteiger partial charge on any atom is 0.302 e. The first kappa shape index (κ1) is 31.9. The molecular weight excluding hydrogens is 442 g/mol. The molecule has 194 valence electrons. The maximum atomic E-state index is 12.0. The Morgan fingerprint density at radius 2 is 1.46 bits per heavy atom. The molecule has 6 nitrogen and oxygen atoms in total. The van der Waals surface area contributed by atoms with E-state index in [1.165, 1.54) is 38.3 Å². The first-order valence-electron chi connectivity index (χ1n) is 12.5. The number of carbonyl (C=O) groups is 3. The van der Waals surface area contributed by atoms with E-state index in [9.17, 15) is 14.4 Å². The molecule has 0 heterocycles. The van der Waals surface area contributed by atoms with Crippen LogP contribution < -0.4 is 5.32 Å². The molecule has 1 amide bonds. The van der Waals surface area contributed by atoms with Gasteiger partial charge in [0.15, 0.2) is 0 Å². The van der Waals surface area contributed by atoms with Crippen LogP contribution >= 0.6 is 0 Å². The van der Waals surface area contributed by atoms with Crippen LogP contribution in [0.25, 0.3) is 0 Å². The number of carbonyl (C=O) groups excluding carboxylic acids is 3. The number of terminal acetylenes is 1. The Labute approximate surface area is 211 Å². The molecule has 0 fully saturated rings. The number of ether oxygens (including phenoxy) is 2. The summed E-state index contributed by atoms with van der Waals surface area (Å²) in [5.41, 5.74) is 1.41. The van der Waals surface area contributed by atoms with E-state index in [1.54, 1.807) is 6.08 Å². The molecular formula is C29H43NO5. The van der Waals surface area contributed by atoms with Crippen molar-refractivity contribution in [2.45, 2.75) is 91.0 Å². The minimum absolute atomic E-state index is 0.0519. The van der Waals surface area contributed by atoms with Crippen LogP contribution in [-0.4, -0.2) is 37.1 Å². The zero-order chi connectivity index (χ0) is 26.2. The second-order valence-electron chi connectivity index (χ2n) is 8.40. The third-order valence-electron chi connectivity index (χ3n) is 4.91. The molecule has 0 atom stereocenters. The zero-order valence-electron chi connectivity index (χ0n) is 21.7. The number of esters is 2. The molecule has 0 radical (unpaired) electrons. The summed E-state index contributed by atoms with van der Waals surface area (Å²) >= 11 is 0. The molecule has 1 N–H and O–H groups in total. The third kappa shape index (κ3) is 23.9. The van der Waals surface area contributed by atoms with Crippen molar-refractivity contribution in [3.63, 3.8) is 0 Å². The summed E-state index contributed by atoms with van der Waals surface area (Å²) in [5.74, 6) is 1.44. The largest absolute Gasteiger partial charge is 0.464 e. The molecule has 0 aromatic carbocycles. The molecule has 0 aliphatic heterocycles. The molecule has 0 aliphatic rings. The van der Waals surface area contributed by atoms with Gasteiger partial charge in [0.25, 0.3) is 0 Å². The van der Waals surface area contributed by atoms with Crippen molar-refractivity contribution < 1.29 is 23.9 Å². The number of allylic oxidation sites excluding steroid dienone is 7. The van der Waals surface area contributed by atoms with E-state index in [0.717, 1.165) is 51.4 Å². The van der Waals surface area contributed by atoms with Gasteiger partial charge in [0.2, 0.25) is 5.91 Å². The summed E-state index contributed by atoms with van der Waals surface area (Å²) in [5, 5.41) is 2.67. The van der Waals surface area contributed by atoms with Gasteiger partial charge in [0.1, 0.15) is 13.2 Å². The molecule has 0 spiro atoms. The SMILES string of the molecule is C#CCCCCC/C(C)=C/C=C/CCC/C=C/CC/C=C/C(=O)NC(COC(C)=O)COC(C)=O. The van der Waals surface area contributed by atoms with E-state index < -0.39 is 18.0 Å². The van der Waals surface area contributed by atoms with E-state index in [-0.39, 0.29) is 19.1 Å². The summed E-state index contributed by atoms with van der Waals surface area (Å²) in [7, 11) is 0. The summed E-state index contributed by atoms with van der Waals surface area (Å²) in [4.78, 5) is 34.0. The van der Waals surface area contributed by atoms with Gasteiger partial charge >= 0.3 is 11.9 Å². The molecule has 0 aromatic heterocycles. The molecule has 0 aliphatic carbocycles. The predicted molar refractivity (Wildman–Crippen MR) is 141 cm³/mol. The van der Waals surface area contributed by atoms with Gasteiger partial charge in [-0.25, -0.2) is 0 Å². The molecule has 35 heavy (non-hydrogen) atoms. The number of amides is 1. The van der Waals surface area contributed by atoms with Crippen LogP contribution in [0.5, 0.6) is 0 Å². The highest BCUT2D eigenvalue weighted by Gasteiger charge is 2.14. The highest BCUT2D eigenvalue weighted by Crippen LogP contribution is 2.10. The Bertz CT molecular complexity index is 752. The van der Waals surface area contributed by atoms with Crippen molar-refractivity contribution in [3.8, 4) is 12.3 Å². The second kappa shape index (κ2) is 22.7. The van der Waals surface area contributed by atoms with Crippen molar-refractivity contribution in [3.05, 3.63) is 48.1 Å². The third-order valence-corrected chi connectivity index (χ3v) is 4.91. The van der Waals surface area contributed by atoms with E-state index in [4.69, 9.17) is 15.9 Å². The Morgan fingerprint density at radius 1 is 0.829 bits per heavy atom. The Hall–Kier alpha value is -3.07. The van der Waals surface area contributed by atoms with Crippen LogP contribution in [0.15, 0.2) is 48.1 Å². The quantitative estimate of drug-likeness (QED) is 0.0629. The lowest BCUT2D eigenvalue weighted by Crippen LogP contribution is -2.41. The van der Waals surface area contributed by atoms with Gasteiger partial charge in [-0.15, -0.1) is 12.3 Å². The summed E-state index contributed by atoms with van der Waals surface area (Å²) in [6.07, 6.45) is 29.7. The predicted octanol–water partition coefficient (Wildman–Crippen LogP) is 5.75. The first-order chi connectivity index (χ1) is 16.8. The maximum absolute atomic E-state index is 12.0. The average Bonchev–Trinajstić information content (AvgIpc) is 2.81. The molecule has 0 rings (SSSR count). The van der Waals surface area contributed by atoms with Crippen LogP contribution in [0.4, 0.5) is 0 Å². The van der Waals surface area contributed by atoms with Crippen molar-refractivity contribution in [2.24, 2.45) is 0 Å². The average molecular weight is 486 g/mol. The lowest BCUT2D eigenvalue weighted by atomic mass is 10.1. The van der Waals surface area contributed by atoms with Gasteiger partial charge in [-0.2, -0.15) is 0 Å². The molecule has 0 aromatic rings. The number of nitrogens with one attached hydrogen (secondary N) is 1. The zero-order valence-corrected chi connectivity index (χ0v) is 21.7. The van der Waals surface area contributed by atoms with Crippen LogP contribution in [0.2, 0.25) is 0 Å². The molecule has 0 saturated heterocycles. The lowest BCUT2D eigenvalue weighted by molar-refractivity contribution is -0.145. The molecule has 0 unspecified atom stereocenters. The normalized spacial score (nSPS) is 11.9. The number of rotatable bonds is 19. The van der Waals surface area contributed by atoms with E-state index in [0.29, 0.717) is 0 Å². The van der Waals surface area contributed by atoms with Gasteiger partial charge in [-0.1, -0.05) is 48.5 Å². The van der Waals surface area contributed by atoms with Gasteiger partial charge < -0.3 is 14.8 Å². The van der Waals surface area contributed by atoms with E-state index >= 15 is 0 Å². The summed E-state index contributed by atoms with van der Waals surface area (Å²) in [6.45, 7) is 4.63. The van der Waals surface area contributed by atoms with Gasteiger partial charge in [0.05, 0.1) is 6.04 Å². The Kier molecular flexibility index (Phi) is 20.7. The summed E-state index contributed by atoms with van der Waals surface area (Å²) < 4.78 is 9.79. The highest BCUT2D eigenvalue weighted by atomic mass is 16.5. The second-order valence-corrected chi connectivity index (χ2v) is 8.40. The van der Waals surface area contributed by atoms with Crippen LogP contribution in [-0.2, 0) is 23.9 Å². The van der Waals surface area contributed by atoms with Gasteiger partial charge in [-0.05, 0) is 64.4 Å². The number of unbranched alkanes of at least 4 members (excludes halogenated alkanes) is 6. The fourth-order valence-electron chi connectivity index (χ4n) is 3.01. The standard InChI is InChI=1S/C29H43NO5/c1-5-6-7-14-17-20-25(2)21-18-15-12-10-8-9-11-13-16-19-22-29(33)30-28(23-34-26(3)31)24-35-27(4)32/h1,9,11,15,18-19,21-22,28H,6-8,10,12-14,16-17,20,23-24H2,2-4H3,(H,30,33)/b11-9+,18-15+,22-19+,25-21+. The number of hydrogen-bond acceptors (Lipinski definition) is 5. The molecule has 0 saturated carbocycles. The Balaban J connectivity index is 3.96. The highest BCUT2D eigenvalue weighted by molar-refractivity contribution is 5.87. The monoisotopic (exact) mass is 485 g/mol. The minimum atomic E-state index is -0.586. The van der Waals surface area contributed by atoms with Crippen molar-refractivity contribution >= 4 is 17.8 Å². The first-order valence-corrected chi connectivity index (χ1v) is 12.5. The van der Waals surface area contributed by atoms with Crippen molar-refractivity contribution in [2.75, 3.05) is 13.2 Å². The minimum Gasteiger partial charge on any atom is -0.464 e. The fraction of sp³-hybridized carbons (Fsp3) is 0.552. The lowest BCUT2D eigenvalue weighted by Gasteiger charge is -2.17. The van der Waals surface area contributed by atoms with E-state index in [1.807, 2.05) is 0 Å². The van der Waals surface area contributed by atoms with Crippen molar-refractivity contribution in [1.82, 2.24) is 5.32 Å². The van der Waals surface area contributed by atoms with Gasteiger partial charge in [0, 0.05) is 20.3 Å². The van der Waals surface area contributed by atoms with E-state index in [2.05, 4.69) is 48.5 Å². The fourth-order valence-corrected chi connectivity index (χ4v) is 3.01. The van der Waals surface area contributed by atoms with Crippen LogP contribution in [0.1, 0.15) is 85.0 Å². The van der Waals surface area contributed by atoms with Crippen molar-refractivity contribution in [1.29, 1.82) is 0 Å². The summed E-state index contributed by atoms with van der Waals surface area (Å²) in [6, 6.07) is -0.586. The number of hydrogen-bond donors (Lipinski definition) is 1. The van der Waals surface area contributed by atoms with Crippen LogP contribution in [0, 0.1) is 12.3 Å². The topological polar surface area (TPSA) is 81.7 Å². The van der Waals surface area contributed by atoms with Gasteiger partial charge in [-0.3, -0.25) is 14.4 Å². The van der Waals surface area contributed by atoms with Crippen LogP contribution in [0.3, 0.4) is 0 Å². The molecule has 6 heteroatoms. The Morgan fingerprint density at radius 3 is 2.11 bits per heavy atom. The molecule has 0 bridgehead atoms. The smallest absolute Gasteiger partial charge is 0.302 e.